The van der Waals surface area contributed by atoms with Crippen LogP contribution in [0.2, 0.25) is 5.02 Å². The fraction of sp³-hybridized carbons (Fsp3) is 0.516. The molecule has 4 N–H and O–H groups in total. The van der Waals surface area contributed by atoms with E-state index >= 15 is 0 Å². The van der Waals surface area contributed by atoms with Crippen LogP contribution in [0.15, 0.2) is 52.3 Å². The van der Waals surface area contributed by atoms with Gasteiger partial charge in [0, 0.05) is 65.0 Å². The summed E-state index contributed by atoms with van der Waals surface area (Å²) in [4.78, 5) is 15.6. The van der Waals surface area contributed by atoms with Gasteiger partial charge in [-0.15, -0.1) is 11.3 Å². The Morgan fingerprint density at radius 1 is 1.02 bits per heavy atom. The van der Waals surface area contributed by atoms with Gasteiger partial charge >= 0.3 is 0 Å². The molecule has 3 aromatic rings. The summed E-state index contributed by atoms with van der Waals surface area (Å²) in [5, 5.41) is 14.2. The van der Waals surface area contributed by atoms with Crippen LogP contribution in [0, 0.1) is 0 Å². The summed E-state index contributed by atoms with van der Waals surface area (Å²) < 4.78 is 0. The van der Waals surface area contributed by atoms with E-state index in [-0.39, 0.29) is 6.61 Å². The highest BCUT2D eigenvalue weighted by atomic mass is 35.5. The van der Waals surface area contributed by atoms with Crippen LogP contribution in [0.3, 0.4) is 0 Å². The lowest BCUT2D eigenvalue weighted by molar-refractivity contribution is 0.112. The molecule has 1 fully saturated rings. The molecule has 1 aromatic heterocycles. The molecular formula is C31H43ClN6OS2. The van der Waals surface area contributed by atoms with E-state index in [0.717, 1.165) is 81.8 Å². The number of piperazine rings is 1. The summed E-state index contributed by atoms with van der Waals surface area (Å²) in [7, 11) is 0. The number of nitrogens with zero attached hydrogens (tertiary/aromatic N) is 4. The van der Waals surface area contributed by atoms with Gasteiger partial charge in [0.15, 0.2) is 5.13 Å². The minimum absolute atomic E-state index is 0.258. The van der Waals surface area contributed by atoms with Gasteiger partial charge in [-0.25, -0.2) is 4.98 Å². The van der Waals surface area contributed by atoms with Crippen molar-refractivity contribution in [3.05, 3.63) is 58.1 Å². The summed E-state index contributed by atoms with van der Waals surface area (Å²) in [6.07, 6.45) is 5.73. The number of hydrogen-bond donors (Lipinski definition) is 3. The molecule has 7 nitrogen and oxygen atoms in total. The summed E-state index contributed by atoms with van der Waals surface area (Å²) in [5.41, 5.74) is 9.43. The Labute approximate surface area is 258 Å². The lowest BCUT2D eigenvalue weighted by Crippen LogP contribution is -2.47. The number of β-amino-alcohol motifs (C(OH)–C–C–N with tert-alkyl or cyclic N) is 1. The summed E-state index contributed by atoms with van der Waals surface area (Å²) in [6.45, 7) is 10.8. The molecule has 6 rings (SSSR count). The molecule has 3 aliphatic rings. The van der Waals surface area contributed by atoms with Crippen LogP contribution in [0.5, 0.6) is 0 Å². The fourth-order valence-corrected chi connectivity index (χ4v) is 7.99. The molecule has 0 radical (unpaired) electrons. The maximum atomic E-state index is 9.08. The first kappa shape index (κ1) is 30.6. The molecule has 41 heavy (non-hydrogen) atoms. The number of thiazole rings is 1. The van der Waals surface area contributed by atoms with E-state index < -0.39 is 0 Å². The highest BCUT2D eigenvalue weighted by Gasteiger charge is 2.24. The zero-order valence-electron chi connectivity index (χ0n) is 24.0. The minimum Gasteiger partial charge on any atom is -0.395 e. The van der Waals surface area contributed by atoms with Crippen molar-refractivity contribution >= 4 is 51.2 Å². The van der Waals surface area contributed by atoms with Crippen LogP contribution in [0.1, 0.15) is 36.8 Å². The van der Waals surface area contributed by atoms with Crippen molar-refractivity contribution in [3.8, 4) is 0 Å². The molecule has 0 unspecified atom stereocenters. The molecule has 10 heteroatoms. The van der Waals surface area contributed by atoms with E-state index in [4.69, 9.17) is 22.4 Å². The van der Waals surface area contributed by atoms with Crippen LogP contribution in [-0.4, -0.2) is 84.9 Å². The second-order valence-corrected chi connectivity index (χ2v) is 13.5. The number of halogens is 1. The number of nitrogen functional groups attached to an aromatic ring is 1. The van der Waals surface area contributed by atoms with E-state index in [1.54, 1.807) is 11.3 Å². The Morgan fingerprint density at radius 2 is 1.78 bits per heavy atom. The average molecular weight is 615 g/mol. The van der Waals surface area contributed by atoms with Crippen LogP contribution < -0.4 is 16.0 Å². The first-order valence-corrected chi connectivity index (χ1v) is 16.9. The van der Waals surface area contributed by atoms with Crippen LogP contribution in [-0.2, 0) is 12.8 Å². The van der Waals surface area contributed by atoms with Gasteiger partial charge in [0.2, 0.25) is 0 Å². The second kappa shape index (κ2) is 15.0. The second-order valence-electron chi connectivity index (χ2n) is 10.9. The van der Waals surface area contributed by atoms with Crippen LogP contribution in [0.25, 0.3) is 0 Å². The molecular weight excluding hydrogens is 572 g/mol. The number of rotatable bonds is 9. The number of fused-ring (bicyclic) bond motifs is 3. The van der Waals surface area contributed by atoms with Gasteiger partial charge in [0.1, 0.15) is 0 Å². The van der Waals surface area contributed by atoms with E-state index in [1.807, 2.05) is 17.8 Å². The summed E-state index contributed by atoms with van der Waals surface area (Å²) >= 11 is 9.78. The van der Waals surface area contributed by atoms with Gasteiger partial charge in [-0.1, -0.05) is 42.4 Å². The molecule has 1 atom stereocenters. The number of hydrogen-bond acceptors (Lipinski definition) is 9. The van der Waals surface area contributed by atoms with Crippen molar-refractivity contribution in [1.82, 2.24) is 20.1 Å². The number of benzene rings is 2. The van der Waals surface area contributed by atoms with Gasteiger partial charge in [0.05, 0.1) is 23.7 Å². The SMILES string of the molecule is CCCN[C@H]1CCc2nc(N)sc2C1.OCCN1CCN(CCCN2c3ccccc3Sc3ccc(Cl)cc32)CC1. The molecule has 0 saturated carbocycles. The Morgan fingerprint density at radius 3 is 2.56 bits per heavy atom. The molecule has 0 bridgehead atoms. The average Bonchev–Trinajstić information content (AvgIpc) is 3.36. The maximum absolute atomic E-state index is 9.08. The first-order chi connectivity index (χ1) is 20.0. The smallest absolute Gasteiger partial charge is 0.180 e. The van der Waals surface area contributed by atoms with Crippen molar-refractivity contribution in [2.24, 2.45) is 0 Å². The quantitative estimate of drug-likeness (QED) is 0.291. The third kappa shape index (κ3) is 8.16. The van der Waals surface area contributed by atoms with Gasteiger partial charge in [-0.05, 0) is 75.5 Å². The normalized spacial score (nSPS) is 18.7. The number of aromatic nitrogens is 1. The zero-order valence-corrected chi connectivity index (χ0v) is 26.4. The van der Waals surface area contributed by atoms with Crippen molar-refractivity contribution in [3.63, 3.8) is 0 Å². The van der Waals surface area contributed by atoms with Gasteiger partial charge in [-0.3, -0.25) is 4.90 Å². The lowest BCUT2D eigenvalue weighted by Gasteiger charge is -2.36. The maximum Gasteiger partial charge on any atom is 0.180 e. The number of aryl methyl sites for hydroxylation is 1. The van der Waals surface area contributed by atoms with Crippen LogP contribution >= 0.6 is 34.7 Å². The Kier molecular flexibility index (Phi) is 11.2. The molecule has 2 aliphatic heterocycles. The Balaban J connectivity index is 0.000000202. The van der Waals surface area contributed by atoms with E-state index in [1.165, 1.54) is 44.6 Å². The topological polar surface area (TPSA) is 80.9 Å². The van der Waals surface area contributed by atoms with Crippen molar-refractivity contribution < 1.29 is 5.11 Å². The van der Waals surface area contributed by atoms with E-state index in [9.17, 15) is 0 Å². The molecule has 3 heterocycles. The first-order valence-electron chi connectivity index (χ1n) is 14.9. The number of nitrogens with one attached hydrogen (secondary N) is 1. The Bertz CT molecular complexity index is 1270. The monoisotopic (exact) mass is 614 g/mol. The highest BCUT2D eigenvalue weighted by Crippen LogP contribution is 2.48. The molecule has 222 valence electrons. The third-order valence-corrected chi connectivity index (χ3v) is 10.3. The van der Waals surface area contributed by atoms with E-state index in [2.05, 4.69) is 68.3 Å². The van der Waals surface area contributed by atoms with E-state index in [0.29, 0.717) is 6.04 Å². The number of aliphatic hydroxyl groups is 1. The summed E-state index contributed by atoms with van der Waals surface area (Å²) in [5.74, 6) is 0. The van der Waals surface area contributed by atoms with Crippen molar-refractivity contribution in [2.45, 2.75) is 54.9 Å². The molecule has 2 aromatic carbocycles. The predicted molar refractivity (Wildman–Crippen MR) is 174 cm³/mol. The minimum atomic E-state index is 0.258. The van der Waals surface area contributed by atoms with Crippen molar-refractivity contribution in [1.29, 1.82) is 0 Å². The number of aliphatic hydroxyl groups excluding tert-OH is 1. The molecule has 1 saturated heterocycles. The summed E-state index contributed by atoms with van der Waals surface area (Å²) in [6, 6.07) is 15.5. The standard InChI is InChI=1S/C21H26ClN3OS.C10H17N3S/c22-17-6-7-21-19(16-17)25(18-4-1-2-5-20(18)27-21)9-3-8-23-10-12-24(13-11-23)14-15-26;1-2-5-12-7-3-4-8-9(6-7)14-10(11)13-8/h1-2,4-7,16,26H,3,8-15H2;7,12H,2-6H2,1H3,(H2,11,13)/t;7-/m.0/s1. The largest absolute Gasteiger partial charge is 0.395 e. The highest BCUT2D eigenvalue weighted by molar-refractivity contribution is 7.99. The van der Waals surface area contributed by atoms with Crippen LogP contribution in [0.4, 0.5) is 16.5 Å². The zero-order chi connectivity index (χ0) is 28.6. The molecule has 1 aliphatic carbocycles. The Hall–Kier alpha value is -1.85. The molecule has 0 amide bonds. The number of anilines is 3. The number of para-hydroxylation sites is 1. The molecule has 0 spiro atoms. The third-order valence-electron chi connectivity index (χ3n) is 7.96. The fourth-order valence-electron chi connectivity index (χ4n) is 5.79. The van der Waals surface area contributed by atoms with Crippen molar-refractivity contribution in [2.75, 3.05) is 69.6 Å². The van der Waals surface area contributed by atoms with Gasteiger partial charge < -0.3 is 26.0 Å². The predicted octanol–water partition coefficient (Wildman–Crippen LogP) is 5.52. The van der Waals surface area contributed by atoms with Gasteiger partial charge in [-0.2, -0.15) is 0 Å². The lowest BCUT2D eigenvalue weighted by atomic mass is 9.98. The van der Waals surface area contributed by atoms with Gasteiger partial charge in [0.25, 0.3) is 0 Å². The number of nitrogens with two attached hydrogens (primary N) is 1.